The number of likely N-dealkylation sites (N-methyl/N-ethyl adjacent to an activating group) is 1. The molecule has 0 amide bonds. The summed E-state index contributed by atoms with van der Waals surface area (Å²) in [6.45, 7) is 4.42. The lowest BCUT2D eigenvalue weighted by Crippen LogP contribution is -2.36. The normalized spacial score (nSPS) is 17.8. The van der Waals surface area contributed by atoms with Gasteiger partial charge in [0.1, 0.15) is 0 Å². The number of benzene rings is 2. The first-order valence-electron chi connectivity index (χ1n) is 9.33. The molecule has 4 nitrogen and oxygen atoms in total. The van der Waals surface area contributed by atoms with Crippen LogP contribution in [0.4, 0.5) is 5.69 Å². The first-order chi connectivity index (χ1) is 13.1. The number of hydrazone groups is 1. The molecule has 27 heavy (non-hydrogen) atoms. The maximum absolute atomic E-state index is 6.38. The average Bonchev–Trinajstić information content (AvgIpc) is 3.11. The molecule has 4 rings (SSSR count). The van der Waals surface area contributed by atoms with Gasteiger partial charge in [-0.25, -0.2) is 0 Å². The summed E-state index contributed by atoms with van der Waals surface area (Å²) in [5.74, 6) is 0. The maximum Gasteiger partial charge on any atom is 0.0951 e. The van der Waals surface area contributed by atoms with Crippen molar-refractivity contribution in [3.63, 3.8) is 0 Å². The molecule has 0 saturated heterocycles. The van der Waals surface area contributed by atoms with Crippen LogP contribution in [0.25, 0.3) is 0 Å². The van der Waals surface area contributed by atoms with E-state index in [0.29, 0.717) is 6.61 Å². The number of fused-ring (bicyclic) bond motifs is 1. The Morgan fingerprint density at radius 3 is 2.63 bits per heavy atom. The van der Waals surface area contributed by atoms with Crippen molar-refractivity contribution >= 4 is 23.0 Å². The molecule has 2 aromatic rings. The second-order valence-electron chi connectivity index (χ2n) is 7.03. The Labute approximate surface area is 165 Å². The SMILES string of the molecule is CC(OCc1ccccc1)C1=C2CN(c3ccccc3Cl)N=C2CCN1C. The van der Waals surface area contributed by atoms with Crippen LogP contribution in [0.15, 0.2) is 71.0 Å². The number of ether oxygens (including phenoxy) is 1. The summed E-state index contributed by atoms with van der Waals surface area (Å²) in [4.78, 5) is 2.31. The quantitative estimate of drug-likeness (QED) is 0.750. The van der Waals surface area contributed by atoms with Crippen molar-refractivity contribution in [3.8, 4) is 0 Å². The van der Waals surface area contributed by atoms with Gasteiger partial charge in [0.15, 0.2) is 0 Å². The zero-order chi connectivity index (χ0) is 18.8. The number of rotatable bonds is 5. The van der Waals surface area contributed by atoms with Gasteiger partial charge in [-0.2, -0.15) is 5.10 Å². The molecule has 0 N–H and O–H groups in total. The lowest BCUT2D eigenvalue weighted by Gasteiger charge is -2.33. The minimum Gasteiger partial charge on any atom is -0.375 e. The molecule has 0 radical (unpaired) electrons. The third-order valence-corrected chi connectivity index (χ3v) is 5.48. The van der Waals surface area contributed by atoms with Crippen LogP contribution < -0.4 is 5.01 Å². The topological polar surface area (TPSA) is 28.1 Å². The summed E-state index contributed by atoms with van der Waals surface area (Å²) in [5, 5.41) is 7.59. The first kappa shape index (κ1) is 18.1. The molecule has 2 aromatic carbocycles. The van der Waals surface area contributed by atoms with Crippen molar-refractivity contribution in [2.24, 2.45) is 5.10 Å². The number of nitrogens with zero attached hydrogens (tertiary/aromatic N) is 3. The van der Waals surface area contributed by atoms with E-state index in [-0.39, 0.29) is 6.10 Å². The van der Waals surface area contributed by atoms with E-state index < -0.39 is 0 Å². The summed E-state index contributed by atoms with van der Waals surface area (Å²) >= 11 is 6.38. The van der Waals surface area contributed by atoms with Crippen LogP contribution in [-0.2, 0) is 11.3 Å². The Kier molecular flexibility index (Phi) is 5.19. The summed E-state index contributed by atoms with van der Waals surface area (Å²) < 4.78 is 6.21. The maximum atomic E-state index is 6.38. The summed E-state index contributed by atoms with van der Waals surface area (Å²) in [5.41, 5.74) is 5.78. The van der Waals surface area contributed by atoms with Crippen molar-refractivity contribution in [1.82, 2.24) is 4.90 Å². The minimum absolute atomic E-state index is 0.00176. The fourth-order valence-electron chi connectivity index (χ4n) is 3.77. The predicted molar refractivity (Wildman–Crippen MR) is 111 cm³/mol. The molecule has 2 aliphatic rings. The molecule has 0 fully saturated rings. The Hall–Kier alpha value is -2.30. The second-order valence-corrected chi connectivity index (χ2v) is 7.44. The molecular formula is C22H24ClN3O. The van der Waals surface area contributed by atoms with E-state index in [0.717, 1.165) is 35.9 Å². The highest BCUT2D eigenvalue weighted by Gasteiger charge is 2.32. The summed E-state index contributed by atoms with van der Waals surface area (Å²) in [6, 6.07) is 18.2. The van der Waals surface area contributed by atoms with Crippen molar-refractivity contribution in [3.05, 3.63) is 76.5 Å². The van der Waals surface area contributed by atoms with Gasteiger partial charge in [-0.15, -0.1) is 0 Å². The van der Waals surface area contributed by atoms with Crippen LogP contribution >= 0.6 is 11.6 Å². The van der Waals surface area contributed by atoms with E-state index in [4.69, 9.17) is 21.4 Å². The summed E-state index contributed by atoms with van der Waals surface area (Å²) in [6.07, 6.45) is 0.948. The molecule has 0 saturated carbocycles. The molecule has 0 aliphatic carbocycles. The Balaban J connectivity index is 1.57. The van der Waals surface area contributed by atoms with E-state index in [9.17, 15) is 0 Å². The summed E-state index contributed by atoms with van der Waals surface area (Å²) in [7, 11) is 2.14. The molecule has 0 spiro atoms. The van der Waals surface area contributed by atoms with Crippen molar-refractivity contribution in [1.29, 1.82) is 0 Å². The van der Waals surface area contributed by atoms with E-state index in [1.165, 1.54) is 16.8 Å². The van der Waals surface area contributed by atoms with Crippen molar-refractivity contribution in [2.45, 2.75) is 26.1 Å². The predicted octanol–water partition coefficient (Wildman–Crippen LogP) is 4.71. The smallest absolute Gasteiger partial charge is 0.0951 e. The third-order valence-electron chi connectivity index (χ3n) is 5.16. The number of hydrogen-bond donors (Lipinski definition) is 0. The average molecular weight is 382 g/mol. The van der Waals surface area contributed by atoms with Gasteiger partial charge < -0.3 is 9.64 Å². The first-order valence-corrected chi connectivity index (χ1v) is 9.71. The number of halogens is 1. The highest BCUT2D eigenvalue weighted by molar-refractivity contribution is 6.33. The molecule has 140 valence electrons. The number of hydrogen-bond acceptors (Lipinski definition) is 4. The third kappa shape index (κ3) is 3.73. The Morgan fingerprint density at radius 1 is 1.11 bits per heavy atom. The molecule has 2 heterocycles. The second kappa shape index (κ2) is 7.75. The van der Waals surface area contributed by atoms with E-state index in [2.05, 4.69) is 31.0 Å². The fraction of sp³-hybridized carbons (Fsp3) is 0.318. The van der Waals surface area contributed by atoms with Crippen molar-refractivity contribution in [2.75, 3.05) is 25.1 Å². The van der Waals surface area contributed by atoms with Crippen LogP contribution in [0.3, 0.4) is 0 Å². The van der Waals surface area contributed by atoms with Crippen LogP contribution in [0.5, 0.6) is 0 Å². The van der Waals surface area contributed by atoms with E-state index in [1.54, 1.807) is 0 Å². The zero-order valence-electron chi connectivity index (χ0n) is 15.7. The van der Waals surface area contributed by atoms with Crippen LogP contribution in [0.2, 0.25) is 5.02 Å². The molecule has 2 aliphatic heterocycles. The van der Waals surface area contributed by atoms with Gasteiger partial charge in [-0.1, -0.05) is 54.1 Å². The van der Waals surface area contributed by atoms with E-state index in [1.807, 2.05) is 47.5 Å². The Morgan fingerprint density at radius 2 is 1.85 bits per heavy atom. The van der Waals surface area contributed by atoms with E-state index >= 15 is 0 Å². The van der Waals surface area contributed by atoms with Gasteiger partial charge in [-0.05, 0) is 24.6 Å². The van der Waals surface area contributed by atoms with Gasteiger partial charge in [0.25, 0.3) is 0 Å². The van der Waals surface area contributed by atoms with Gasteiger partial charge >= 0.3 is 0 Å². The minimum atomic E-state index is 0.00176. The largest absolute Gasteiger partial charge is 0.375 e. The lowest BCUT2D eigenvalue weighted by atomic mass is 9.98. The molecule has 0 aromatic heterocycles. The van der Waals surface area contributed by atoms with Crippen molar-refractivity contribution < 1.29 is 4.74 Å². The molecule has 1 atom stereocenters. The fourth-order valence-corrected chi connectivity index (χ4v) is 4.00. The standard InChI is InChI=1S/C22H24ClN3O/c1-16(27-15-17-8-4-3-5-9-17)22-18-14-26(21-11-7-6-10-19(21)23)24-20(18)12-13-25(22)2/h3-11,16H,12-15H2,1-2H3. The van der Waals surface area contributed by atoms with Crippen LogP contribution in [0.1, 0.15) is 18.9 Å². The zero-order valence-corrected chi connectivity index (χ0v) is 16.5. The lowest BCUT2D eigenvalue weighted by molar-refractivity contribution is 0.0582. The molecule has 5 heteroatoms. The van der Waals surface area contributed by atoms with Crippen LogP contribution in [0, 0.1) is 0 Å². The molecule has 1 unspecified atom stereocenters. The number of anilines is 1. The van der Waals surface area contributed by atoms with Gasteiger partial charge in [0.05, 0.1) is 35.7 Å². The molecular weight excluding hydrogens is 358 g/mol. The monoisotopic (exact) mass is 381 g/mol. The van der Waals surface area contributed by atoms with Gasteiger partial charge in [0.2, 0.25) is 0 Å². The number of para-hydroxylation sites is 1. The van der Waals surface area contributed by atoms with Crippen LogP contribution in [-0.4, -0.2) is 36.9 Å². The highest BCUT2D eigenvalue weighted by atomic mass is 35.5. The highest BCUT2D eigenvalue weighted by Crippen LogP contribution is 2.34. The van der Waals surface area contributed by atoms with Gasteiger partial charge in [-0.3, -0.25) is 5.01 Å². The van der Waals surface area contributed by atoms with Gasteiger partial charge in [0, 0.05) is 31.3 Å². The Bertz CT molecular complexity index is 878. The molecule has 0 bridgehead atoms.